The minimum Gasteiger partial charge on any atom is -0.350 e. The van der Waals surface area contributed by atoms with Gasteiger partial charge in [0.1, 0.15) is 17.0 Å². The quantitative estimate of drug-likeness (QED) is 0.756. The van der Waals surface area contributed by atoms with E-state index in [9.17, 15) is 9.59 Å². The zero-order valence-corrected chi connectivity index (χ0v) is 19.5. The molecule has 4 aliphatic carbocycles. The van der Waals surface area contributed by atoms with Crippen molar-refractivity contribution in [2.24, 2.45) is 28.6 Å². The van der Waals surface area contributed by atoms with E-state index in [2.05, 4.69) is 29.5 Å². The Balaban J connectivity index is 1.10. The standard InChI is InChI=1S/C26H33N5O2/c1-15-11-30(16(2)10-27-15)24(33)20-12-31-21(4-3-5-22(31)29-20)23(32)28-14-25-7-17-6-19(17)26(13-25)9-18(26)8-25/h3-5,12,15-19,27H,6-11,13-14H2,1-2H3,(H,28,32)/t15-,16-,17?,18?,19?,25?,26-/m0/s1. The molecule has 7 nitrogen and oxygen atoms in total. The average molecular weight is 448 g/mol. The van der Waals surface area contributed by atoms with E-state index < -0.39 is 0 Å². The molecule has 2 aromatic rings. The van der Waals surface area contributed by atoms with Crippen LogP contribution in [0.15, 0.2) is 24.4 Å². The van der Waals surface area contributed by atoms with Crippen LogP contribution in [0, 0.1) is 28.6 Å². The van der Waals surface area contributed by atoms with Crippen LogP contribution in [-0.4, -0.2) is 57.8 Å². The van der Waals surface area contributed by atoms with Crippen LogP contribution in [0.3, 0.4) is 0 Å². The molecule has 7 heteroatoms. The number of aromatic nitrogens is 2. The van der Waals surface area contributed by atoms with Gasteiger partial charge in [0.25, 0.3) is 11.8 Å². The molecule has 2 amide bonds. The Bertz CT molecular complexity index is 1170. The number of rotatable bonds is 4. The molecule has 2 aromatic heterocycles. The van der Waals surface area contributed by atoms with E-state index in [4.69, 9.17) is 0 Å². The van der Waals surface area contributed by atoms with Gasteiger partial charge in [-0.15, -0.1) is 0 Å². The smallest absolute Gasteiger partial charge is 0.274 e. The Morgan fingerprint density at radius 3 is 3.00 bits per heavy atom. The maximum Gasteiger partial charge on any atom is 0.274 e. The second kappa shape index (κ2) is 6.59. The highest BCUT2D eigenvalue weighted by Crippen LogP contribution is 2.83. The fraction of sp³-hybridized carbons (Fsp3) is 0.654. The Kier molecular flexibility index (Phi) is 3.99. The third-order valence-electron chi connectivity index (χ3n) is 9.61. The molecule has 1 aliphatic heterocycles. The molecular formula is C26H33N5O2. The van der Waals surface area contributed by atoms with Gasteiger partial charge in [-0.1, -0.05) is 6.07 Å². The molecule has 7 atom stereocenters. The Morgan fingerprint density at radius 1 is 1.24 bits per heavy atom. The van der Waals surface area contributed by atoms with Crippen molar-refractivity contribution in [3.8, 4) is 0 Å². The molecule has 3 heterocycles. The molecule has 174 valence electrons. The van der Waals surface area contributed by atoms with Crippen molar-refractivity contribution in [2.75, 3.05) is 19.6 Å². The monoisotopic (exact) mass is 447 g/mol. The average Bonchev–Trinajstić information content (AvgIpc) is 3.63. The normalized spacial score (nSPS) is 40.3. The van der Waals surface area contributed by atoms with Crippen molar-refractivity contribution >= 4 is 17.5 Å². The van der Waals surface area contributed by atoms with Crippen molar-refractivity contribution in [3.05, 3.63) is 35.8 Å². The third-order valence-corrected chi connectivity index (χ3v) is 9.61. The Labute approximate surface area is 194 Å². The fourth-order valence-corrected chi connectivity index (χ4v) is 7.97. The van der Waals surface area contributed by atoms with Gasteiger partial charge in [-0.2, -0.15) is 0 Å². The Morgan fingerprint density at radius 2 is 2.12 bits per heavy atom. The van der Waals surface area contributed by atoms with Gasteiger partial charge >= 0.3 is 0 Å². The zero-order chi connectivity index (χ0) is 22.5. The summed E-state index contributed by atoms with van der Waals surface area (Å²) in [4.78, 5) is 32.9. The second-order valence-corrected chi connectivity index (χ2v) is 11.9. The topological polar surface area (TPSA) is 78.7 Å². The minimum atomic E-state index is -0.0681. The lowest BCUT2D eigenvalue weighted by molar-refractivity contribution is 0.0610. The molecule has 33 heavy (non-hydrogen) atoms. The highest BCUT2D eigenvalue weighted by Gasteiger charge is 2.76. The number of pyridine rings is 1. The van der Waals surface area contributed by atoms with Crippen LogP contribution in [0.4, 0.5) is 0 Å². The van der Waals surface area contributed by atoms with Crippen LogP contribution in [0.2, 0.25) is 0 Å². The summed E-state index contributed by atoms with van der Waals surface area (Å²) in [6, 6.07) is 5.92. The predicted molar refractivity (Wildman–Crippen MR) is 124 cm³/mol. The van der Waals surface area contributed by atoms with E-state index in [1.165, 1.54) is 32.1 Å². The molecule has 5 aliphatic rings. The number of nitrogens with zero attached hydrogens (tertiary/aromatic N) is 3. The molecule has 0 radical (unpaired) electrons. The molecular weight excluding hydrogens is 414 g/mol. The van der Waals surface area contributed by atoms with Crippen LogP contribution in [0.5, 0.6) is 0 Å². The molecule has 5 fully saturated rings. The summed E-state index contributed by atoms with van der Waals surface area (Å²) in [5.74, 6) is 2.71. The summed E-state index contributed by atoms with van der Waals surface area (Å²) in [6.45, 7) is 6.35. The number of carbonyl (C=O) groups excluding carboxylic acids is 2. The molecule has 1 spiro atoms. The SMILES string of the molecule is C[C@H]1CN(C(=O)c2cn3c(C(=O)NCC45CC6CC6[C@@]6(CC6C4)C5)cccc3n2)[C@@H](C)CN1. The first-order valence-electron chi connectivity index (χ1n) is 12.7. The molecule has 4 unspecified atom stereocenters. The fourth-order valence-electron chi connectivity index (χ4n) is 7.97. The van der Waals surface area contributed by atoms with Gasteiger partial charge in [-0.25, -0.2) is 4.98 Å². The maximum absolute atomic E-state index is 13.3. The van der Waals surface area contributed by atoms with Crippen LogP contribution >= 0.6 is 0 Å². The molecule has 1 saturated heterocycles. The molecule has 2 bridgehead atoms. The van der Waals surface area contributed by atoms with Gasteiger partial charge in [0.15, 0.2) is 0 Å². The predicted octanol–water partition coefficient (Wildman–Crippen LogP) is 2.71. The number of amides is 2. The number of hydrogen-bond donors (Lipinski definition) is 2. The first-order chi connectivity index (χ1) is 15.9. The number of carbonyl (C=O) groups is 2. The summed E-state index contributed by atoms with van der Waals surface area (Å²) in [5.41, 5.74) is 2.57. The number of nitrogens with one attached hydrogen (secondary N) is 2. The van der Waals surface area contributed by atoms with E-state index in [0.717, 1.165) is 30.8 Å². The van der Waals surface area contributed by atoms with Gasteiger partial charge in [-0.05, 0) is 86.7 Å². The summed E-state index contributed by atoms with van der Waals surface area (Å²) in [5, 5.41) is 6.69. The second-order valence-electron chi connectivity index (χ2n) is 11.9. The van der Waals surface area contributed by atoms with Crippen molar-refractivity contribution in [2.45, 2.75) is 58.0 Å². The van der Waals surface area contributed by atoms with Gasteiger partial charge < -0.3 is 15.5 Å². The molecule has 7 rings (SSSR count). The summed E-state index contributed by atoms with van der Waals surface area (Å²) < 4.78 is 1.78. The third kappa shape index (κ3) is 2.94. The lowest BCUT2D eigenvalue weighted by Gasteiger charge is -2.37. The highest BCUT2D eigenvalue weighted by molar-refractivity contribution is 5.95. The number of piperazine rings is 1. The largest absolute Gasteiger partial charge is 0.350 e. The lowest BCUT2D eigenvalue weighted by Crippen LogP contribution is -2.56. The zero-order valence-electron chi connectivity index (χ0n) is 19.5. The summed E-state index contributed by atoms with van der Waals surface area (Å²) in [7, 11) is 0. The van der Waals surface area contributed by atoms with E-state index >= 15 is 0 Å². The summed E-state index contributed by atoms with van der Waals surface area (Å²) >= 11 is 0. The first kappa shape index (κ1) is 20.0. The van der Waals surface area contributed by atoms with Gasteiger partial charge in [-0.3, -0.25) is 14.0 Å². The van der Waals surface area contributed by atoms with Crippen LogP contribution < -0.4 is 10.6 Å². The summed E-state index contributed by atoms with van der Waals surface area (Å²) in [6.07, 6.45) is 8.53. The highest BCUT2D eigenvalue weighted by atomic mass is 16.2. The van der Waals surface area contributed by atoms with Gasteiger partial charge in [0, 0.05) is 37.9 Å². The first-order valence-corrected chi connectivity index (χ1v) is 12.7. The van der Waals surface area contributed by atoms with Crippen LogP contribution in [0.1, 0.15) is 66.9 Å². The van der Waals surface area contributed by atoms with E-state index in [-0.39, 0.29) is 23.9 Å². The molecule has 0 aromatic carbocycles. The van der Waals surface area contributed by atoms with Crippen LogP contribution in [0.25, 0.3) is 5.65 Å². The molecule has 2 N–H and O–H groups in total. The van der Waals surface area contributed by atoms with Crippen molar-refractivity contribution in [3.63, 3.8) is 0 Å². The number of imidazole rings is 1. The maximum atomic E-state index is 13.3. The van der Waals surface area contributed by atoms with Crippen LogP contribution in [-0.2, 0) is 0 Å². The van der Waals surface area contributed by atoms with E-state index in [0.29, 0.717) is 34.4 Å². The van der Waals surface area contributed by atoms with Gasteiger partial charge in [0.05, 0.1) is 0 Å². The lowest BCUT2D eigenvalue weighted by atomic mass is 9.71. The van der Waals surface area contributed by atoms with Crippen molar-refractivity contribution < 1.29 is 9.59 Å². The Hall–Kier alpha value is -2.41. The van der Waals surface area contributed by atoms with E-state index in [1.54, 1.807) is 10.6 Å². The van der Waals surface area contributed by atoms with Gasteiger partial charge in [0.2, 0.25) is 0 Å². The van der Waals surface area contributed by atoms with Crippen molar-refractivity contribution in [1.29, 1.82) is 0 Å². The molecule has 4 saturated carbocycles. The number of hydrogen-bond acceptors (Lipinski definition) is 4. The van der Waals surface area contributed by atoms with E-state index in [1.807, 2.05) is 23.1 Å². The van der Waals surface area contributed by atoms with Crippen molar-refractivity contribution in [1.82, 2.24) is 24.9 Å². The number of fused-ring (bicyclic) bond motifs is 3. The minimum absolute atomic E-state index is 0.0666.